The van der Waals surface area contributed by atoms with Crippen LogP contribution >= 0.6 is 0 Å². The second kappa shape index (κ2) is 5.98. The van der Waals surface area contributed by atoms with Gasteiger partial charge in [-0.3, -0.25) is 0 Å². The van der Waals surface area contributed by atoms with Gasteiger partial charge >= 0.3 is 0 Å². The third-order valence-corrected chi connectivity index (χ3v) is 5.31. The molecule has 116 valence electrons. The highest BCUT2D eigenvalue weighted by molar-refractivity contribution is 5.53. The Hall–Kier alpha value is -1.06. The Balaban J connectivity index is 1.49. The molecule has 1 aliphatic carbocycles. The third-order valence-electron chi connectivity index (χ3n) is 5.31. The molecule has 0 bridgehead atoms. The van der Waals surface area contributed by atoms with Crippen molar-refractivity contribution in [3.8, 4) is 0 Å². The van der Waals surface area contributed by atoms with Gasteiger partial charge in [0.1, 0.15) is 0 Å². The molecule has 1 aliphatic heterocycles. The summed E-state index contributed by atoms with van der Waals surface area (Å²) in [6, 6.07) is 9.26. The number of hydrogen-bond acceptors (Lipinski definition) is 3. The van der Waals surface area contributed by atoms with Crippen molar-refractivity contribution in [3.05, 3.63) is 29.8 Å². The number of fused-ring (bicyclic) bond motifs is 1. The Labute approximate surface area is 128 Å². The molecule has 1 fully saturated rings. The van der Waals surface area contributed by atoms with E-state index in [-0.39, 0.29) is 5.41 Å². The lowest BCUT2D eigenvalue weighted by molar-refractivity contribution is -0.114. The Morgan fingerprint density at radius 3 is 2.90 bits per heavy atom. The van der Waals surface area contributed by atoms with Crippen LogP contribution in [0.5, 0.6) is 0 Å². The molecular weight excluding hydrogens is 260 g/mol. The summed E-state index contributed by atoms with van der Waals surface area (Å²) >= 11 is 0. The first-order valence-electron chi connectivity index (χ1n) is 8.28. The van der Waals surface area contributed by atoms with Crippen LogP contribution < -0.4 is 10.6 Å². The minimum absolute atomic E-state index is 0.260. The van der Waals surface area contributed by atoms with Gasteiger partial charge in [-0.1, -0.05) is 32.0 Å². The van der Waals surface area contributed by atoms with Gasteiger partial charge in [-0.15, -0.1) is 0 Å². The van der Waals surface area contributed by atoms with E-state index in [0.717, 1.165) is 26.1 Å². The molecule has 3 heteroatoms. The SMILES string of the molecule is CCOC1CC(NCC2CNc3ccccc3C2)C1(C)C. The van der Waals surface area contributed by atoms with Crippen molar-refractivity contribution in [1.82, 2.24) is 5.32 Å². The number of para-hydroxylation sites is 1. The maximum absolute atomic E-state index is 5.81. The average molecular weight is 288 g/mol. The second-order valence-electron chi connectivity index (χ2n) is 7.07. The van der Waals surface area contributed by atoms with E-state index >= 15 is 0 Å². The van der Waals surface area contributed by atoms with Crippen molar-refractivity contribution >= 4 is 5.69 Å². The summed E-state index contributed by atoms with van der Waals surface area (Å²) in [6.07, 6.45) is 2.75. The van der Waals surface area contributed by atoms with Crippen LogP contribution in [0.25, 0.3) is 0 Å². The van der Waals surface area contributed by atoms with Crippen molar-refractivity contribution in [1.29, 1.82) is 0 Å². The zero-order valence-corrected chi connectivity index (χ0v) is 13.5. The van der Waals surface area contributed by atoms with Crippen LogP contribution in [0.2, 0.25) is 0 Å². The van der Waals surface area contributed by atoms with Crippen LogP contribution in [0.4, 0.5) is 5.69 Å². The predicted molar refractivity (Wildman–Crippen MR) is 87.7 cm³/mol. The standard InChI is InChI=1S/C18H28N2O/c1-4-21-17-10-16(18(17,2)3)20-12-13-9-14-7-5-6-8-15(14)19-11-13/h5-8,13,16-17,19-20H,4,9-12H2,1-3H3. The molecule has 1 heterocycles. The highest BCUT2D eigenvalue weighted by Crippen LogP contribution is 2.42. The lowest BCUT2D eigenvalue weighted by Crippen LogP contribution is -2.61. The normalized spacial score (nSPS) is 30.1. The van der Waals surface area contributed by atoms with Gasteiger partial charge in [0.05, 0.1) is 6.10 Å². The molecule has 3 nitrogen and oxygen atoms in total. The summed E-state index contributed by atoms with van der Waals surface area (Å²) in [6.45, 7) is 9.72. The lowest BCUT2D eigenvalue weighted by atomic mass is 9.64. The van der Waals surface area contributed by atoms with E-state index in [1.165, 1.54) is 17.7 Å². The molecule has 1 aromatic carbocycles. The second-order valence-corrected chi connectivity index (χ2v) is 7.07. The van der Waals surface area contributed by atoms with Crippen LogP contribution in [-0.4, -0.2) is 31.8 Å². The summed E-state index contributed by atoms with van der Waals surface area (Å²) < 4.78 is 5.81. The Morgan fingerprint density at radius 1 is 1.33 bits per heavy atom. The number of anilines is 1. The molecule has 0 spiro atoms. The fourth-order valence-corrected chi connectivity index (χ4v) is 3.68. The molecule has 0 aromatic heterocycles. The number of ether oxygens (including phenoxy) is 1. The summed E-state index contributed by atoms with van der Waals surface area (Å²) in [5, 5.41) is 7.34. The zero-order valence-electron chi connectivity index (χ0n) is 13.5. The number of hydrogen-bond donors (Lipinski definition) is 2. The van der Waals surface area contributed by atoms with Crippen LogP contribution in [0.3, 0.4) is 0 Å². The maximum atomic E-state index is 5.81. The highest BCUT2D eigenvalue weighted by Gasteiger charge is 2.48. The average Bonchev–Trinajstić information content (AvgIpc) is 2.50. The number of nitrogens with one attached hydrogen (secondary N) is 2. The van der Waals surface area contributed by atoms with E-state index < -0.39 is 0 Å². The van der Waals surface area contributed by atoms with E-state index in [9.17, 15) is 0 Å². The molecule has 3 atom stereocenters. The first kappa shape index (κ1) is 14.9. The van der Waals surface area contributed by atoms with E-state index in [2.05, 4.69) is 55.7 Å². The van der Waals surface area contributed by atoms with Crippen LogP contribution in [0.15, 0.2) is 24.3 Å². The molecule has 3 rings (SSSR count). The monoisotopic (exact) mass is 288 g/mol. The van der Waals surface area contributed by atoms with Gasteiger partial charge in [0, 0.05) is 36.8 Å². The minimum atomic E-state index is 0.260. The Bertz CT molecular complexity index is 486. The van der Waals surface area contributed by atoms with E-state index in [4.69, 9.17) is 4.74 Å². The Morgan fingerprint density at radius 2 is 2.14 bits per heavy atom. The summed E-state index contributed by atoms with van der Waals surface area (Å²) in [7, 11) is 0. The third kappa shape index (κ3) is 2.95. The first-order chi connectivity index (χ1) is 10.1. The lowest BCUT2D eigenvalue weighted by Gasteiger charge is -2.52. The fourth-order valence-electron chi connectivity index (χ4n) is 3.68. The maximum Gasteiger partial charge on any atom is 0.0655 e. The van der Waals surface area contributed by atoms with E-state index in [1.807, 2.05) is 0 Å². The van der Waals surface area contributed by atoms with Crippen LogP contribution in [0.1, 0.15) is 32.8 Å². The van der Waals surface area contributed by atoms with Crippen molar-refractivity contribution < 1.29 is 4.74 Å². The zero-order chi connectivity index (χ0) is 14.9. The van der Waals surface area contributed by atoms with Crippen molar-refractivity contribution in [2.45, 2.75) is 45.8 Å². The van der Waals surface area contributed by atoms with Gasteiger partial charge in [-0.05, 0) is 37.3 Å². The minimum Gasteiger partial charge on any atom is -0.384 e. The van der Waals surface area contributed by atoms with Crippen LogP contribution in [0, 0.1) is 11.3 Å². The summed E-state index contributed by atoms with van der Waals surface area (Å²) in [5.41, 5.74) is 3.03. The molecule has 3 unspecified atom stereocenters. The number of rotatable bonds is 5. The van der Waals surface area contributed by atoms with Gasteiger partial charge < -0.3 is 15.4 Å². The van der Waals surface area contributed by atoms with Crippen LogP contribution in [-0.2, 0) is 11.2 Å². The van der Waals surface area contributed by atoms with E-state index in [1.54, 1.807) is 0 Å². The molecule has 0 amide bonds. The molecule has 1 aromatic rings. The van der Waals surface area contributed by atoms with Crippen molar-refractivity contribution in [2.24, 2.45) is 11.3 Å². The summed E-state index contributed by atoms with van der Waals surface area (Å²) in [4.78, 5) is 0. The molecule has 0 radical (unpaired) electrons. The van der Waals surface area contributed by atoms with Gasteiger partial charge in [-0.2, -0.15) is 0 Å². The van der Waals surface area contributed by atoms with E-state index in [0.29, 0.717) is 18.1 Å². The molecule has 2 N–H and O–H groups in total. The van der Waals surface area contributed by atoms with Gasteiger partial charge in [0.2, 0.25) is 0 Å². The Kier molecular flexibility index (Phi) is 4.23. The molecule has 2 aliphatic rings. The van der Waals surface area contributed by atoms with Gasteiger partial charge in [-0.25, -0.2) is 0 Å². The molecule has 0 saturated heterocycles. The predicted octanol–water partition coefficient (Wildman–Crippen LogP) is 3.06. The van der Waals surface area contributed by atoms with Crippen molar-refractivity contribution in [3.63, 3.8) is 0 Å². The number of benzene rings is 1. The topological polar surface area (TPSA) is 33.3 Å². The molecular formula is C18H28N2O. The fraction of sp³-hybridized carbons (Fsp3) is 0.667. The first-order valence-corrected chi connectivity index (χ1v) is 8.28. The summed E-state index contributed by atoms with van der Waals surface area (Å²) in [5.74, 6) is 0.682. The van der Waals surface area contributed by atoms with Gasteiger partial charge in [0.15, 0.2) is 0 Å². The van der Waals surface area contributed by atoms with Gasteiger partial charge in [0.25, 0.3) is 0 Å². The highest BCUT2D eigenvalue weighted by atomic mass is 16.5. The van der Waals surface area contributed by atoms with Crippen molar-refractivity contribution in [2.75, 3.05) is 25.0 Å². The molecule has 1 saturated carbocycles. The smallest absolute Gasteiger partial charge is 0.0655 e. The molecule has 21 heavy (non-hydrogen) atoms. The quantitative estimate of drug-likeness (QED) is 0.873. The largest absolute Gasteiger partial charge is 0.384 e.